The molecule has 1 N–H and O–H groups in total. The first-order chi connectivity index (χ1) is 4.36. The van der Waals surface area contributed by atoms with Gasteiger partial charge in [0.25, 0.3) is 0 Å². The summed E-state index contributed by atoms with van der Waals surface area (Å²) in [5.74, 6) is 2.19. The molecular weight excluding hydrogens is 112 g/mol. The average Bonchev–Trinajstić information content (AvgIpc) is 2.22. The minimum absolute atomic E-state index is 0.643. The van der Waals surface area contributed by atoms with Gasteiger partial charge in [0.2, 0.25) is 0 Å². The van der Waals surface area contributed by atoms with Gasteiger partial charge in [-0.25, -0.2) is 0 Å². The number of fused-ring (bicyclic) bond motifs is 1. The second kappa shape index (κ2) is 1.76. The molecule has 0 saturated heterocycles. The first-order valence-electron chi connectivity index (χ1n) is 3.76. The van der Waals surface area contributed by atoms with Crippen LogP contribution in [-0.2, 0) is 0 Å². The molecule has 0 aromatic heterocycles. The average molecular weight is 124 g/mol. The van der Waals surface area contributed by atoms with Crippen LogP contribution in [0.15, 0.2) is 11.8 Å². The van der Waals surface area contributed by atoms with Crippen molar-refractivity contribution in [1.82, 2.24) is 0 Å². The highest BCUT2D eigenvalue weighted by Crippen LogP contribution is 2.41. The largest absolute Gasteiger partial charge is 0.513 e. The van der Waals surface area contributed by atoms with Gasteiger partial charge in [0.15, 0.2) is 0 Å². The van der Waals surface area contributed by atoms with E-state index in [9.17, 15) is 0 Å². The van der Waals surface area contributed by atoms with Crippen molar-refractivity contribution >= 4 is 0 Å². The first kappa shape index (κ1) is 5.33. The molecule has 0 bridgehead atoms. The number of hydrogen-bond donors (Lipinski definition) is 1. The molecule has 2 aliphatic carbocycles. The van der Waals surface area contributed by atoms with Gasteiger partial charge in [0.05, 0.1) is 5.76 Å². The van der Waals surface area contributed by atoms with Crippen molar-refractivity contribution in [2.45, 2.75) is 25.7 Å². The molecule has 0 spiro atoms. The van der Waals surface area contributed by atoms with Gasteiger partial charge in [-0.15, -0.1) is 0 Å². The van der Waals surface area contributed by atoms with E-state index in [1.807, 2.05) is 0 Å². The lowest BCUT2D eigenvalue weighted by molar-refractivity contribution is 0.370. The van der Waals surface area contributed by atoms with Crippen molar-refractivity contribution < 1.29 is 5.11 Å². The lowest BCUT2D eigenvalue weighted by atomic mass is 10.0. The van der Waals surface area contributed by atoms with Crippen molar-refractivity contribution in [1.29, 1.82) is 0 Å². The monoisotopic (exact) mass is 124 g/mol. The van der Waals surface area contributed by atoms with Gasteiger partial charge in [-0.1, -0.05) is 6.42 Å². The van der Waals surface area contributed by atoms with E-state index >= 15 is 0 Å². The third-order valence-corrected chi connectivity index (χ3v) is 2.60. The Morgan fingerprint density at radius 2 is 2.33 bits per heavy atom. The lowest BCUT2D eigenvalue weighted by Crippen LogP contribution is -1.96. The zero-order chi connectivity index (χ0) is 6.27. The minimum Gasteiger partial charge on any atom is -0.513 e. The van der Waals surface area contributed by atoms with Gasteiger partial charge in [0.1, 0.15) is 0 Å². The van der Waals surface area contributed by atoms with E-state index in [2.05, 4.69) is 6.08 Å². The van der Waals surface area contributed by atoms with E-state index in [0.29, 0.717) is 5.76 Å². The molecule has 1 fully saturated rings. The van der Waals surface area contributed by atoms with Crippen molar-refractivity contribution in [3.8, 4) is 0 Å². The van der Waals surface area contributed by atoms with E-state index in [4.69, 9.17) is 5.11 Å². The highest BCUT2D eigenvalue weighted by atomic mass is 16.3. The molecule has 0 unspecified atom stereocenters. The molecular formula is C8H12O. The maximum atomic E-state index is 9.10. The van der Waals surface area contributed by atoms with Gasteiger partial charge < -0.3 is 5.11 Å². The zero-order valence-corrected chi connectivity index (χ0v) is 5.51. The van der Waals surface area contributed by atoms with Crippen molar-refractivity contribution in [3.05, 3.63) is 11.8 Å². The van der Waals surface area contributed by atoms with E-state index in [0.717, 1.165) is 18.3 Å². The Bertz CT molecular complexity index is 149. The van der Waals surface area contributed by atoms with E-state index in [-0.39, 0.29) is 0 Å². The Labute approximate surface area is 55.4 Å². The van der Waals surface area contributed by atoms with Crippen LogP contribution < -0.4 is 0 Å². The molecule has 2 atom stereocenters. The van der Waals surface area contributed by atoms with Crippen molar-refractivity contribution in [2.75, 3.05) is 0 Å². The summed E-state index contributed by atoms with van der Waals surface area (Å²) < 4.78 is 0. The third-order valence-electron chi connectivity index (χ3n) is 2.60. The molecule has 0 radical (unpaired) electrons. The lowest BCUT2D eigenvalue weighted by Gasteiger charge is -2.04. The van der Waals surface area contributed by atoms with E-state index in [1.54, 1.807) is 0 Å². The SMILES string of the molecule is OC1=C[C@@H]2CCC[C@@H]2C1. The predicted molar refractivity (Wildman–Crippen MR) is 36.2 cm³/mol. The van der Waals surface area contributed by atoms with Crippen LogP contribution in [0.2, 0.25) is 0 Å². The molecule has 1 heteroatoms. The fourth-order valence-corrected chi connectivity index (χ4v) is 2.12. The Morgan fingerprint density at radius 3 is 3.11 bits per heavy atom. The molecule has 9 heavy (non-hydrogen) atoms. The van der Waals surface area contributed by atoms with Crippen LogP contribution in [0.4, 0.5) is 0 Å². The highest BCUT2D eigenvalue weighted by Gasteiger charge is 2.31. The molecule has 0 amide bonds. The van der Waals surface area contributed by atoms with Gasteiger partial charge in [0, 0.05) is 6.42 Å². The summed E-state index contributed by atoms with van der Waals surface area (Å²) in [7, 11) is 0. The maximum Gasteiger partial charge on any atom is 0.0888 e. The van der Waals surface area contributed by atoms with Crippen molar-refractivity contribution in [3.63, 3.8) is 0 Å². The summed E-state index contributed by atoms with van der Waals surface area (Å²) in [5, 5.41) is 9.10. The minimum atomic E-state index is 0.643. The number of aliphatic hydroxyl groups is 1. The standard InChI is InChI=1S/C8H12O/c9-8-4-6-2-1-3-7(6)5-8/h4,6-7,9H,1-3,5H2/t6-,7+/m0/s1. The van der Waals surface area contributed by atoms with Crippen LogP contribution in [0.3, 0.4) is 0 Å². The fourth-order valence-electron chi connectivity index (χ4n) is 2.12. The summed E-state index contributed by atoms with van der Waals surface area (Å²) >= 11 is 0. The summed E-state index contributed by atoms with van der Waals surface area (Å²) in [6, 6.07) is 0. The molecule has 0 heterocycles. The fraction of sp³-hybridized carbons (Fsp3) is 0.750. The van der Waals surface area contributed by atoms with Crippen molar-refractivity contribution in [2.24, 2.45) is 11.8 Å². The van der Waals surface area contributed by atoms with Gasteiger partial charge in [-0.05, 0) is 30.8 Å². The Kier molecular flexibility index (Phi) is 1.04. The Hall–Kier alpha value is -0.460. The zero-order valence-electron chi connectivity index (χ0n) is 5.51. The van der Waals surface area contributed by atoms with Gasteiger partial charge in [-0.2, -0.15) is 0 Å². The number of aliphatic hydroxyl groups excluding tert-OH is 1. The summed E-state index contributed by atoms with van der Waals surface area (Å²) in [4.78, 5) is 0. The molecule has 2 rings (SSSR count). The topological polar surface area (TPSA) is 20.2 Å². The second-order valence-corrected chi connectivity index (χ2v) is 3.22. The summed E-state index contributed by atoms with van der Waals surface area (Å²) in [5.41, 5.74) is 0. The van der Waals surface area contributed by atoms with Crippen LogP contribution in [0.1, 0.15) is 25.7 Å². The molecule has 1 saturated carbocycles. The van der Waals surface area contributed by atoms with Crippen LogP contribution in [0.5, 0.6) is 0 Å². The summed E-state index contributed by atoms with van der Waals surface area (Å²) in [6.45, 7) is 0. The van der Waals surface area contributed by atoms with Crippen LogP contribution in [0.25, 0.3) is 0 Å². The molecule has 50 valence electrons. The van der Waals surface area contributed by atoms with E-state index < -0.39 is 0 Å². The predicted octanol–water partition coefficient (Wildman–Crippen LogP) is 2.25. The molecule has 1 nitrogen and oxygen atoms in total. The number of allylic oxidation sites excluding steroid dienone is 2. The molecule has 0 aromatic carbocycles. The Morgan fingerprint density at radius 1 is 1.44 bits per heavy atom. The molecule has 2 aliphatic rings. The van der Waals surface area contributed by atoms with Crippen LogP contribution >= 0.6 is 0 Å². The molecule has 0 aromatic rings. The quantitative estimate of drug-likeness (QED) is 0.525. The Balaban J connectivity index is 2.13. The van der Waals surface area contributed by atoms with E-state index in [1.165, 1.54) is 19.3 Å². The van der Waals surface area contributed by atoms with Crippen LogP contribution in [-0.4, -0.2) is 5.11 Å². The highest BCUT2D eigenvalue weighted by molar-refractivity contribution is 5.08. The normalized spacial score (nSPS) is 40.7. The number of hydrogen-bond acceptors (Lipinski definition) is 1. The smallest absolute Gasteiger partial charge is 0.0888 e. The summed E-state index contributed by atoms with van der Waals surface area (Å²) in [6.07, 6.45) is 7.04. The van der Waals surface area contributed by atoms with Gasteiger partial charge in [-0.3, -0.25) is 0 Å². The molecule has 0 aliphatic heterocycles. The first-order valence-corrected chi connectivity index (χ1v) is 3.76. The third kappa shape index (κ3) is 0.752. The van der Waals surface area contributed by atoms with Gasteiger partial charge >= 0.3 is 0 Å². The second-order valence-electron chi connectivity index (χ2n) is 3.22. The van der Waals surface area contributed by atoms with Crippen LogP contribution in [0, 0.1) is 11.8 Å². The number of rotatable bonds is 0. The maximum absolute atomic E-state index is 9.10.